The zero-order chi connectivity index (χ0) is 21.3. The van der Waals surface area contributed by atoms with E-state index >= 15 is 0 Å². The molecule has 3 aromatic rings. The van der Waals surface area contributed by atoms with Gasteiger partial charge in [0.05, 0.1) is 27.0 Å². The SMILES string of the molecule is COc1ccc(C(=O)NCC(=O)NN=Cc2csc(-c3ccccc3)c2)cc1OC. The van der Waals surface area contributed by atoms with E-state index in [1.165, 1.54) is 14.2 Å². The Kier molecular flexibility index (Phi) is 7.18. The second-order valence-corrected chi connectivity index (χ2v) is 7.07. The smallest absolute Gasteiger partial charge is 0.259 e. The van der Waals surface area contributed by atoms with Gasteiger partial charge in [0.25, 0.3) is 11.8 Å². The third kappa shape index (κ3) is 5.45. The molecule has 2 amide bonds. The van der Waals surface area contributed by atoms with E-state index in [1.54, 1.807) is 35.8 Å². The highest BCUT2D eigenvalue weighted by Crippen LogP contribution is 2.27. The first kappa shape index (κ1) is 21.1. The van der Waals surface area contributed by atoms with E-state index in [9.17, 15) is 9.59 Å². The average Bonchev–Trinajstić information content (AvgIpc) is 3.26. The van der Waals surface area contributed by atoms with Crippen LogP contribution < -0.4 is 20.2 Å². The molecule has 2 aromatic carbocycles. The average molecular weight is 423 g/mol. The summed E-state index contributed by atoms with van der Waals surface area (Å²) in [7, 11) is 3.00. The molecule has 0 saturated carbocycles. The van der Waals surface area contributed by atoms with Gasteiger partial charge >= 0.3 is 0 Å². The first-order chi connectivity index (χ1) is 14.6. The van der Waals surface area contributed by atoms with Crippen LogP contribution in [0.15, 0.2) is 65.1 Å². The van der Waals surface area contributed by atoms with Crippen molar-refractivity contribution in [1.29, 1.82) is 0 Å². The predicted molar refractivity (Wildman–Crippen MR) is 117 cm³/mol. The summed E-state index contributed by atoms with van der Waals surface area (Å²) in [5.41, 5.74) is 4.77. The minimum atomic E-state index is -0.432. The molecule has 2 N–H and O–H groups in total. The number of hydrogen-bond donors (Lipinski definition) is 2. The fourth-order valence-corrected chi connectivity index (χ4v) is 3.50. The molecule has 1 aromatic heterocycles. The van der Waals surface area contributed by atoms with E-state index in [4.69, 9.17) is 9.47 Å². The summed E-state index contributed by atoms with van der Waals surface area (Å²) >= 11 is 1.60. The van der Waals surface area contributed by atoms with Crippen LogP contribution in [0.3, 0.4) is 0 Å². The number of amides is 2. The zero-order valence-electron chi connectivity index (χ0n) is 16.5. The number of rotatable bonds is 8. The number of methoxy groups -OCH3 is 2. The Balaban J connectivity index is 1.49. The Bertz CT molecular complexity index is 1050. The highest BCUT2D eigenvalue weighted by molar-refractivity contribution is 7.13. The monoisotopic (exact) mass is 423 g/mol. The van der Waals surface area contributed by atoms with Gasteiger partial charge < -0.3 is 14.8 Å². The van der Waals surface area contributed by atoms with Gasteiger partial charge in [0, 0.05) is 21.4 Å². The Labute approximate surface area is 178 Å². The van der Waals surface area contributed by atoms with Gasteiger partial charge in [-0.15, -0.1) is 11.3 Å². The van der Waals surface area contributed by atoms with Crippen LogP contribution in [0, 0.1) is 0 Å². The van der Waals surface area contributed by atoms with E-state index in [1.807, 2.05) is 41.8 Å². The number of carbonyl (C=O) groups excluding carboxylic acids is 2. The maximum absolute atomic E-state index is 12.2. The molecule has 8 heteroatoms. The summed E-state index contributed by atoms with van der Waals surface area (Å²) in [6.07, 6.45) is 1.57. The molecule has 0 saturated heterocycles. The van der Waals surface area contributed by atoms with Crippen molar-refractivity contribution in [3.63, 3.8) is 0 Å². The molecule has 0 atom stereocenters. The third-order valence-electron chi connectivity index (χ3n) is 4.14. The predicted octanol–water partition coefficient (Wildman–Crippen LogP) is 3.31. The van der Waals surface area contributed by atoms with Crippen LogP contribution in [-0.2, 0) is 4.79 Å². The molecule has 0 fully saturated rings. The molecule has 0 unspecified atom stereocenters. The molecule has 0 radical (unpaired) electrons. The van der Waals surface area contributed by atoms with Crippen LogP contribution in [0.25, 0.3) is 10.4 Å². The van der Waals surface area contributed by atoms with Crippen LogP contribution in [0.4, 0.5) is 0 Å². The Morgan fingerprint density at radius 2 is 1.80 bits per heavy atom. The lowest BCUT2D eigenvalue weighted by Gasteiger charge is -2.09. The van der Waals surface area contributed by atoms with E-state index in [2.05, 4.69) is 15.8 Å². The molecule has 1 heterocycles. The second-order valence-electron chi connectivity index (χ2n) is 6.16. The van der Waals surface area contributed by atoms with Crippen LogP contribution in [0.2, 0.25) is 0 Å². The van der Waals surface area contributed by atoms with Crippen molar-refractivity contribution in [2.75, 3.05) is 20.8 Å². The van der Waals surface area contributed by atoms with Crippen LogP contribution in [-0.4, -0.2) is 38.8 Å². The normalized spacial score (nSPS) is 10.6. The van der Waals surface area contributed by atoms with Crippen LogP contribution >= 0.6 is 11.3 Å². The van der Waals surface area contributed by atoms with Gasteiger partial charge in [-0.1, -0.05) is 30.3 Å². The lowest BCUT2D eigenvalue weighted by atomic mass is 10.2. The lowest BCUT2D eigenvalue weighted by Crippen LogP contribution is -2.34. The molecular weight excluding hydrogens is 402 g/mol. The molecular formula is C22H21N3O4S. The maximum Gasteiger partial charge on any atom is 0.259 e. The minimum absolute atomic E-state index is 0.205. The van der Waals surface area contributed by atoms with Crippen molar-refractivity contribution < 1.29 is 19.1 Å². The Morgan fingerprint density at radius 3 is 2.53 bits per heavy atom. The van der Waals surface area contributed by atoms with Gasteiger partial charge in [-0.3, -0.25) is 9.59 Å². The zero-order valence-corrected chi connectivity index (χ0v) is 17.4. The van der Waals surface area contributed by atoms with Crippen LogP contribution in [0.1, 0.15) is 15.9 Å². The summed E-state index contributed by atoms with van der Waals surface area (Å²) in [6.45, 7) is -0.205. The summed E-state index contributed by atoms with van der Waals surface area (Å²) in [4.78, 5) is 25.3. The molecule has 154 valence electrons. The molecule has 3 rings (SSSR count). The van der Waals surface area contributed by atoms with Gasteiger partial charge in [-0.2, -0.15) is 5.10 Å². The molecule has 0 aliphatic rings. The van der Waals surface area contributed by atoms with Crippen LogP contribution in [0.5, 0.6) is 11.5 Å². The molecule has 30 heavy (non-hydrogen) atoms. The highest BCUT2D eigenvalue weighted by atomic mass is 32.1. The van der Waals surface area contributed by atoms with Crippen molar-refractivity contribution in [3.05, 3.63) is 71.1 Å². The maximum atomic E-state index is 12.2. The molecule has 0 bridgehead atoms. The topological polar surface area (TPSA) is 89.0 Å². The number of hydrazone groups is 1. The van der Waals surface area contributed by atoms with Gasteiger partial charge in [0.1, 0.15) is 0 Å². The number of thiophene rings is 1. The fraction of sp³-hybridized carbons (Fsp3) is 0.136. The number of nitrogens with zero attached hydrogens (tertiary/aromatic N) is 1. The first-order valence-corrected chi connectivity index (χ1v) is 9.94. The highest BCUT2D eigenvalue weighted by Gasteiger charge is 2.11. The minimum Gasteiger partial charge on any atom is -0.493 e. The Hall–Kier alpha value is -3.65. The quantitative estimate of drug-likeness (QED) is 0.430. The van der Waals surface area contributed by atoms with Crippen molar-refractivity contribution in [1.82, 2.24) is 10.7 Å². The van der Waals surface area contributed by atoms with E-state index < -0.39 is 11.8 Å². The first-order valence-electron chi connectivity index (χ1n) is 9.07. The van der Waals surface area contributed by atoms with Crippen molar-refractivity contribution in [2.24, 2.45) is 5.10 Å². The Morgan fingerprint density at radius 1 is 1.03 bits per heavy atom. The molecule has 0 aliphatic carbocycles. The molecule has 0 spiro atoms. The third-order valence-corrected chi connectivity index (χ3v) is 5.13. The summed E-state index contributed by atoms with van der Waals surface area (Å²) in [5.74, 6) is 0.119. The van der Waals surface area contributed by atoms with E-state index in [-0.39, 0.29) is 6.54 Å². The number of nitrogens with one attached hydrogen (secondary N) is 2. The van der Waals surface area contributed by atoms with Crippen molar-refractivity contribution in [2.45, 2.75) is 0 Å². The van der Waals surface area contributed by atoms with E-state index in [0.29, 0.717) is 17.1 Å². The largest absolute Gasteiger partial charge is 0.493 e. The van der Waals surface area contributed by atoms with Gasteiger partial charge in [0.15, 0.2) is 11.5 Å². The standard InChI is InChI=1S/C22H21N3O4S/c1-28-18-9-8-17(11-19(18)29-2)22(27)23-13-21(26)25-24-12-15-10-20(30-14-15)16-6-4-3-5-7-16/h3-12,14H,13H2,1-2H3,(H,23,27)(H,25,26). The van der Waals surface area contributed by atoms with Gasteiger partial charge in [-0.25, -0.2) is 5.43 Å². The fourth-order valence-electron chi connectivity index (χ4n) is 2.63. The van der Waals surface area contributed by atoms with E-state index in [0.717, 1.165) is 16.0 Å². The number of benzene rings is 2. The number of hydrogen-bond acceptors (Lipinski definition) is 6. The van der Waals surface area contributed by atoms with Crippen molar-refractivity contribution >= 4 is 29.4 Å². The van der Waals surface area contributed by atoms with Gasteiger partial charge in [0.2, 0.25) is 0 Å². The summed E-state index contributed by atoms with van der Waals surface area (Å²) in [5, 5.41) is 8.44. The van der Waals surface area contributed by atoms with Crippen molar-refractivity contribution in [3.8, 4) is 21.9 Å². The summed E-state index contributed by atoms with van der Waals surface area (Å²) < 4.78 is 10.3. The number of ether oxygens (including phenoxy) is 2. The number of carbonyl (C=O) groups is 2. The summed E-state index contributed by atoms with van der Waals surface area (Å²) in [6, 6.07) is 16.8. The molecule has 7 nitrogen and oxygen atoms in total. The van der Waals surface area contributed by atoms with Gasteiger partial charge in [-0.05, 0) is 29.8 Å². The lowest BCUT2D eigenvalue weighted by molar-refractivity contribution is -0.120. The second kappa shape index (κ2) is 10.2. The molecule has 0 aliphatic heterocycles.